The van der Waals surface area contributed by atoms with Crippen LogP contribution in [0, 0.1) is 0 Å². The van der Waals surface area contributed by atoms with E-state index in [9.17, 15) is 29.1 Å². The fourth-order valence-corrected chi connectivity index (χ4v) is 2.26. The molecule has 0 aromatic carbocycles. The third-order valence-corrected chi connectivity index (χ3v) is 4.16. The Hall–Kier alpha value is -2.03. The molecule has 0 aliphatic heterocycles. The molecule has 0 saturated carbocycles. The van der Waals surface area contributed by atoms with Gasteiger partial charge in [0.15, 0.2) is 0 Å². The number of hydrogen-bond donors (Lipinski definition) is 9. The standard InChI is InChI=1S/C14H24N4O8S2/c1-5(19)10(13(24)17-8(4-28)14(25)26)18-12(23)7(2-9(20)21)16-11(22)6(15)3-27/h5-8,10,19,27-28H,2-4,15H2,1H3,(H,16,22)(H,17,24)(H,18,23)(H,20,21)(H,25,26). The molecule has 8 N–H and O–H groups in total. The molecule has 0 radical (unpaired) electrons. The average molecular weight is 441 g/mol. The minimum Gasteiger partial charge on any atom is -0.481 e. The van der Waals surface area contributed by atoms with Crippen molar-refractivity contribution in [3.05, 3.63) is 0 Å². The molecule has 0 aromatic rings. The molecule has 0 aliphatic rings. The van der Waals surface area contributed by atoms with Gasteiger partial charge in [0, 0.05) is 11.5 Å². The number of carbonyl (C=O) groups excluding carboxylic acids is 3. The fraction of sp³-hybridized carbons (Fsp3) is 0.643. The van der Waals surface area contributed by atoms with Gasteiger partial charge in [0.25, 0.3) is 0 Å². The largest absolute Gasteiger partial charge is 0.481 e. The van der Waals surface area contributed by atoms with Crippen LogP contribution in [-0.2, 0) is 24.0 Å². The lowest BCUT2D eigenvalue weighted by atomic mass is 10.1. The van der Waals surface area contributed by atoms with E-state index in [0.29, 0.717) is 0 Å². The maximum absolute atomic E-state index is 12.4. The fourth-order valence-electron chi connectivity index (χ4n) is 1.85. The summed E-state index contributed by atoms with van der Waals surface area (Å²) in [6, 6.07) is -5.68. The minimum atomic E-state index is -1.61. The molecule has 14 heteroatoms. The van der Waals surface area contributed by atoms with Gasteiger partial charge < -0.3 is 37.0 Å². The molecular weight excluding hydrogens is 416 g/mol. The molecule has 3 amide bonds. The molecule has 5 atom stereocenters. The maximum Gasteiger partial charge on any atom is 0.327 e. The van der Waals surface area contributed by atoms with E-state index in [1.807, 2.05) is 0 Å². The Morgan fingerprint density at radius 3 is 1.82 bits per heavy atom. The lowest BCUT2D eigenvalue weighted by Crippen LogP contribution is -2.60. The summed E-state index contributed by atoms with van der Waals surface area (Å²) in [4.78, 5) is 58.3. The van der Waals surface area contributed by atoms with E-state index in [2.05, 4.69) is 41.2 Å². The molecule has 28 heavy (non-hydrogen) atoms. The topological polar surface area (TPSA) is 208 Å². The SMILES string of the molecule is CC(O)C(NC(=O)C(CC(=O)O)NC(=O)C(N)CS)C(=O)NC(CS)C(=O)O. The number of rotatable bonds is 12. The Bertz CT molecular complexity index is 604. The van der Waals surface area contributed by atoms with Gasteiger partial charge in [0.1, 0.15) is 18.1 Å². The molecular formula is C14H24N4O8S2. The lowest BCUT2D eigenvalue weighted by molar-refractivity contribution is -0.143. The van der Waals surface area contributed by atoms with Gasteiger partial charge >= 0.3 is 11.9 Å². The Kier molecular flexibility index (Phi) is 11.5. The van der Waals surface area contributed by atoms with Crippen LogP contribution in [0.5, 0.6) is 0 Å². The first kappa shape index (κ1) is 26.0. The quantitative estimate of drug-likeness (QED) is 0.138. The third kappa shape index (κ3) is 8.77. The van der Waals surface area contributed by atoms with E-state index in [0.717, 1.165) is 6.92 Å². The Balaban J connectivity index is 5.32. The molecule has 0 rings (SSSR count). The molecule has 160 valence electrons. The van der Waals surface area contributed by atoms with Crippen LogP contribution in [0.25, 0.3) is 0 Å². The van der Waals surface area contributed by atoms with E-state index in [4.69, 9.17) is 15.9 Å². The van der Waals surface area contributed by atoms with Gasteiger partial charge in [-0.2, -0.15) is 25.3 Å². The van der Waals surface area contributed by atoms with Crippen LogP contribution in [0.3, 0.4) is 0 Å². The van der Waals surface area contributed by atoms with Gasteiger partial charge in [0.05, 0.1) is 18.6 Å². The number of nitrogens with two attached hydrogens (primary N) is 1. The first-order valence-corrected chi connectivity index (χ1v) is 9.22. The molecule has 5 unspecified atom stereocenters. The smallest absolute Gasteiger partial charge is 0.327 e. The zero-order valence-corrected chi connectivity index (χ0v) is 16.7. The Labute approximate surface area is 171 Å². The van der Waals surface area contributed by atoms with Gasteiger partial charge in [-0.3, -0.25) is 19.2 Å². The second-order valence-corrected chi connectivity index (χ2v) is 6.49. The summed E-state index contributed by atoms with van der Waals surface area (Å²) in [6.45, 7) is 1.16. The van der Waals surface area contributed by atoms with Crippen LogP contribution in [0.4, 0.5) is 0 Å². The average Bonchev–Trinajstić information content (AvgIpc) is 2.61. The van der Waals surface area contributed by atoms with Crippen molar-refractivity contribution in [1.82, 2.24) is 16.0 Å². The summed E-state index contributed by atoms with van der Waals surface area (Å²) >= 11 is 7.60. The van der Waals surface area contributed by atoms with Crippen LogP contribution < -0.4 is 21.7 Å². The van der Waals surface area contributed by atoms with Gasteiger partial charge in [-0.15, -0.1) is 0 Å². The normalized spacial score (nSPS) is 16.0. The molecule has 0 fully saturated rings. The van der Waals surface area contributed by atoms with E-state index in [1.54, 1.807) is 0 Å². The van der Waals surface area contributed by atoms with Crippen LogP contribution in [-0.4, -0.2) is 86.8 Å². The molecule has 0 bridgehead atoms. The highest BCUT2D eigenvalue weighted by Gasteiger charge is 2.33. The van der Waals surface area contributed by atoms with Crippen LogP contribution in [0.1, 0.15) is 13.3 Å². The molecule has 0 aliphatic carbocycles. The maximum atomic E-state index is 12.4. The summed E-state index contributed by atoms with van der Waals surface area (Å²) in [5.74, 6) is -6.06. The number of aliphatic carboxylic acids is 2. The third-order valence-electron chi connectivity index (χ3n) is 3.40. The van der Waals surface area contributed by atoms with Gasteiger partial charge in [0.2, 0.25) is 17.7 Å². The lowest BCUT2D eigenvalue weighted by Gasteiger charge is -2.25. The number of hydrogen-bond acceptors (Lipinski definition) is 9. The van der Waals surface area contributed by atoms with Crippen molar-refractivity contribution in [3.63, 3.8) is 0 Å². The molecule has 0 heterocycles. The molecule has 0 aromatic heterocycles. The highest BCUT2D eigenvalue weighted by molar-refractivity contribution is 7.80. The monoisotopic (exact) mass is 440 g/mol. The second kappa shape index (κ2) is 12.4. The van der Waals surface area contributed by atoms with Crippen molar-refractivity contribution in [3.8, 4) is 0 Å². The summed E-state index contributed by atoms with van der Waals surface area (Å²) in [6.07, 6.45) is -2.28. The summed E-state index contributed by atoms with van der Waals surface area (Å²) in [5, 5.41) is 33.9. The number of aliphatic hydroxyl groups excluding tert-OH is 1. The zero-order valence-electron chi connectivity index (χ0n) is 14.9. The summed E-state index contributed by atoms with van der Waals surface area (Å²) in [5.41, 5.74) is 5.46. The number of carbonyl (C=O) groups is 5. The summed E-state index contributed by atoms with van der Waals surface area (Å²) < 4.78 is 0. The van der Waals surface area contributed by atoms with Crippen molar-refractivity contribution in [1.29, 1.82) is 0 Å². The van der Waals surface area contributed by atoms with E-state index in [1.165, 1.54) is 0 Å². The molecule has 0 saturated heterocycles. The van der Waals surface area contributed by atoms with E-state index < -0.39 is 66.4 Å². The van der Waals surface area contributed by atoms with Gasteiger partial charge in [-0.25, -0.2) is 4.79 Å². The Morgan fingerprint density at radius 1 is 0.893 bits per heavy atom. The number of thiol groups is 2. The highest BCUT2D eigenvalue weighted by Crippen LogP contribution is 2.01. The van der Waals surface area contributed by atoms with Crippen molar-refractivity contribution in [2.24, 2.45) is 5.73 Å². The molecule has 12 nitrogen and oxygen atoms in total. The van der Waals surface area contributed by atoms with Crippen molar-refractivity contribution in [2.45, 2.75) is 43.6 Å². The summed E-state index contributed by atoms with van der Waals surface area (Å²) in [7, 11) is 0. The number of carboxylic acid groups (broad SMARTS) is 2. The number of amides is 3. The second-order valence-electron chi connectivity index (χ2n) is 5.76. The van der Waals surface area contributed by atoms with E-state index in [-0.39, 0.29) is 11.5 Å². The first-order chi connectivity index (χ1) is 12.9. The van der Waals surface area contributed by atoms with Crippen molar-refractivity contribution < 1.29 is 39.3 Å². The van der Waals surface area contributed by atoms with Crippen LogP contribution >= 0.6 is 25.3 Å². The predicted octanol–water partition coefficient (Wildman–Crippen LogP) is -3.43. The van der Waals surface area contributed by atoms with Gasteiger partial charge in [-0.1, -0.05) is 0 Å². The van der Waals surface area contributed by atoms with Crippen LogP contribution in [0.15, 0.2) is 0 Å². The van der Waals surface area contributed by atoms with Crippen LogP contribution in [0.2, 0.25) is 0 Å². The van der Waals surface area contributed by atoms with Crippen molar-refractivity contribution >= 4 is 54.9 Å². The number of nitrogens with one attached hydrogen (secondary N) is 3. The zero-order chi connectivity index (χ0) is 22.0. The number of aliphatic hydroxyl groups is 1. The molecule has 0 spiro atoms. The minimum absolute atomic E-state index is 0.0632. The van der Waals surface area contributed by atoms with E-state index >= 15 is 0 Å². The Morgan fingerprint density at radius 2 is 1.43 bits per heavy atom. The highest BCUT2D eigenvalue weighted by atomic mass is 32.1. The predicted molar refractivity (Wildman–Crippen MR) is 103 cm³/mol. The first-order valence-electron chi connectivity index (χ1n) is 7.95. The van der Waals surface area contributed by atoms with Gasteiger partial charge in [-0.05, 0) is 6.92 Å². The van der Waals surface area contributed by atoms with Crippen molar-refractivity contribution in [2.75, 3.05) is 11.5 Å². The number of carboxylic acids is 2.